The van der Waals surface area contributed by atoms with Crippen LogP contribution in [0.5, 0.6) is 0 Å². The standard InChI is InChI=1S/C13H16N2O/c1-2-3-8-15-12(14)9-10-6-4-5-7-11(10)13(15)16/h2,4-7,12H,1,3,8-9,14H2. The highest BCUT2D eigenvalue weighted by Crippen LogP contribution is 2.21. The molecule has 0 aliphatic carbocycles. The molecule has 1 heterocycles. The molecule has 3 heteroatoms. The fourth-order valence-corrected chi connectivity index (χ4v) is 2.05. The minimum atomic E-state index is -0.206. The van der Waals surface area contributed by atoms with Gasteiger partial charge in [-0.3, -0.25) is 4.79 Å². The van der Waals surface area contributed by atoms with Crippen LogP contribution in [0.2, 0.25) is 0 Å². The minimum Gasteiger partial charge on any atom is -0.323 e. The van der Waals surface area contributed by atoms with Gasteiger partial charge in [0, 0.05) is 18.5 Å². The summed E-state index contributed by atoms with van der Waals surface area (Å²) in [6, 6.07) is 7.67. The summed E-state index contributed by atoms with van der Waals surface area (Å²) in [6.07, 6.45) is 3.11. The van der Waals surface area contributed by atoms with Crippen molar-refractivity contribution in [2.24, 2.45) is 5.73 Å². The van der Waals surface area contributed by atoms with E-state index in [1.54, 1.807) is 11.0 Å². The van der Waals surface area contributed by atoms with Crippen LogP contribution >= 0.6 is 0 Å². The van der Waals surface area contributed by atoms with E-state index in [0.29, 0.717) is 6.54 Å². The van der Waals surface area contributed by atoms with Crippen molar-refractivity contribution in [3.63, 3.8) is 0 Å². The lowest BCUT2D eigenvalue weighted by Crippen LogP contribution is -2.50. The van der Waals surface area contributed by atoms with Crippen molar-refractivity contribution in [2.75, 3.05) is 6.54 Å². The van der Waals surface area contributed by atoms with Crippen molar-refractivity contribution < 1.29 is 4.79 Å². The molecule has 16 heavy (non-hydrogen) atoms. The number of hydrogen-bond donors (Lipinski definition) is 1. The van der Waals surface area contributed by atoms with Gasteiger partial charge in [-0.2, -0.15) is 0 Å². The van der Waals surface area contributed by atoms with Crippen LogP contribution in [-0.4, -0.2) is 23.5 Å². The second kappa shape index (κ2) is 4.49. The second-order valence-corrected chi connectivity index (χ2v) is 4.00. The maximum atomic E-state index is 12.1. The lowest BCUT2D eigenvalue weighted by Gasteiger charge is -2.34. The molecular weight excluding hydrogens is 200 g/mol. The van der Waals surface area contributed by atoms with Crippen molar-refractivity contribution in [1.29, 1.82) is 0 Å². The van der Waals surface area contributed by atoms with Crippen LogP contribution in [0.15, 0.2) is 36.9 Å². The van der Waals surface area contributed by atoms with Crippen LogP contribution in [-0.2, 0) is 6.42 Å². The molecule has 1 amide bonds. The Morgan fingerprint density at radius 2 is 2.25 bits per heavy atom. The number of rotatable bonds is 3. The third-order valence-corrected chi connectivity index (χ3v) is 2.91. The Balaban J connectivity index is 2.26. The predicted octanol–water partition coefficient (Wildman–Crippen LogP) is 1.55. The Bertz CT molecular complexity index is 414. The molecule has 0 bridgehead atoms. The van der Waals surface area contributed by atoms with Gasteiger partial charge in [-0.05, 0) is 18.1 Å². The zero-order valence-corrected chi connectivity index (χ0v) is 9.23. The van der Waals surface area contributed by atoms with Crippen molar-refractivity contribution in [2.45, 2.75) is 19.0 Å². The first-order chi connectivity index (χ1) is 7.74. The van der Waals surface area contributed by atoms with Crippen LogP contribution in [0.3, 0.4) is 0 Å². The van der Waals surface area contributed by atoms with Gasteiger partial charge in [0.25, 0.3) is 5.91 Å². The highest BCUT2D eigenvalue weighted by molar-refractivity contribution is 5.97. The van der Waals surface area contributed by atoms with E-state index in [9.17, 15) is 4.79 Å². The molecule has 0 fully saturated rings. The van der Waals surface area contributed by atoms with E-state index in [1.165, 1.54) is 0 Å². The first kappa shape index (κ1) is 10.9. The van der Waals surface area contributed by atoms with E-state index in [4.69, 9.17) is 5.73 Å². The van der Waals surface area contributed by atoms with Crippen LogP contribution in [0.4, 0.5) is 0 Å². The van der Waals surface area contributed by atoms with E-state index in [2.05, 4.69) is 6.58 Å². The molecule has 84 valence electrons. The number of hydrogen-bond acceptors (Lipinski definition) is 2. The van der Waals surface area contributed by atoms with Gasteiger partial charge in [-0.25, -0.2) is 0 Å². The van der Waals surface area contributed by atoms with E-state index in [-0.39, 0.29) is 12.1 Å². The number of carbonyl (C=O) groups excluding carboxylic acids is 1. The van der Waals surface area contributed by atoms with E-state index >= 15 is 0 Å². The highest BCUT2D eigenvalue weighted by atomic mass is 16.2. The number of nitrogens with two attached hydrogens (primary N) is 1. The topological polar surface area (TPSA) is 46.3 Å². The third kappa shape index (κ3) is 1.86. The lowest BCUT2D eigenvalue weighted by molar-refractivity contribution is 0.0659. The zero-order valence-electron chi connectivity index (χ0n) is 9.23. The molecule has 1 aromatic carbocycles. The molecule has 3 nitrogen and oxygen atoms in total. The highest BCUT2D eigenvalue weighted by Gasteiger charge is 2.28. The Morgan fingerprint density at radius 1 is 1.50 bits per heavy atom. The van der Waals surface area contributed by atoms with E-state index in [0.717, 1.165) is 24.0 Å². The molecule has 1 aliphatic rings. The zero-order chi connectivity index (χ0) is 11.5. The summed E-state index contributed by atoms with van der Waals surface area (Å²) in [7, 11) is 0. The van der Waals surface area contributed by atoms with Gasteiger partial charge < -0.3 is 10.6 Å². The summed E-state index contributed by atoms with van der Waals surface area (Å²) < 4.78 is 0. The fourth-order valence-electron chi connectivity index (χ4n) is 2.05. The summed E-state index contributed by atoms with van der Waals surface area (Å²) in [5, 5.41) is 0. The van der Waals surface area contributed by atoms with Gasteiger partial charge in [0.2, 0.25) is 0 Å². The van der Waals surface area contributed by atoms with E-state index < -0.39 is 0 Å². The quantitative estimate of drug-likeness (QED) is 0.779. The second-order valence-electron chi connectivity index (χ2n) is 4.00. The molecule has 0 saturated carbocycles. The minimum absolute atomic E-state index is 0.0381. The SMILES string of the molecule is C=CCCN1C(=O)c2ccccc2CC1N. The number of benzene rings is 1. The van der Waals surface area contributed by atoms with Crippen LogP contribution in [0.25, 0.3) is 0 Å². The molecule has 0 saturated heterocycles. The molecule has 1 aromatic rings. The maximum Gasteiger partial charge on any atom is 0.255 e. The maximum absolute atomic E-state index is 12.1. The molecule has 1 aliphatic heterocycles. The van der Waals surface area contributed by atoms with Crippen molar-refractivity contribution in [3.8, 4) is 0 Å². The Morgan fingerprint density at radius 3 is 3.00 bits per heavy atom. The Kier molecular flexibility index (Phi) is 3.06. The molecule has 2 rings (SSSR count). The molecule has 0 spiro atoms. The van der Waals surface area contributed by atoms with Crippen molar-refractivity contribution >= 4 is 5.91 Å². The van der Waals surface area contributed by atoms with Gasteiger partial charge in [0.15, 0.2) is 0 Å². The summed E-state index contributed by atoms with van der Waals surface area (Å²) in [4.78, 5) is 13.9. The molecule has 1 unspecified atom stereocenters. The summed E-state index contributed by atoms with van der Waals surface area (Å²) in [5.74, 6) is 0.0381. The number of fused-ring (bicyclic) bond motifs is 1. The molecular formula is C13H16N2O. The van der Waals surface area contributed by atoms with Gasteiger partial charge in [0.05, 0.1) is 6.17 Å². The number of amides is 1. The van der Waals surface area contributed by atoms with Gasteiger partial charge in [0.1, 0.15) is 0 Å². The summed E-state index contributed by atoms with van der Waals surface area (Å²) >= 11 is 0. The summed E-state index contributed by atoms with van der Waals surface area (Å²) in [6.45, 7) is 4.31. The lowest BCUT2D eigenvalue weighted by atomic mass is 9.97. The van der Waals surface area contributed by atoms with Crippen LogP contribution in [0.1, 0.15) is 22.3 Å². The average molecular weight is 216 g/mol. The largest absolute Gasteiger partial charge is 0.323 e. The van der Waals surface area contributed by atoms with Crippen molar-refractivity contribution in [1.82, 2.24) is 4.90 Å². The van der Waals surface area contributed by atoms with E-state index in [1.807, 2.05) is 24.3 Å². The number of carbonyl (C=O) groups is 1. The number of nitrogens with zero attached hydrogens (tertiary/aromatic N) is 1. The molecule has 1 atom stereocenters. The molecule has 0 radical (unpaired) electrons. The molecule has 2 N–H and O–H groups in total. The fraction of sp³-hybridized carbons (Fsp3) is 0.308. The van der Waals surface area contributed by atoms with Crippen LogP contribution in [0, 0.1) is 0 Å². The Hall–Kier alpha value is -1.61. The monoisotopic (exact) mass is 216 g/mol. The van der Waals surface area contributed by atoms with Gasteiger partial charge in [-0.1, -0.05) is 24.3 Å². The molecule has 0 aromatic heterocycles. The average Bonchev–Trinajstić information content (AvgIpc) is 2.29. The van der Waals surface area contributed by atoms with Crippen LogP contribution < -0.4 is 5.73 Å². The third-order valence-electron chi connectivity index (χ3n) is 2.91. The van der Waals surface area contributed by atoms with Crippen molar-refractivity contribution in [3.05, 3.63) is 48.0 Å². The first-order valence-corrected chi connectivity index (χ1v) is 5.49. The first-order valence-electron chi connectivity index (χ1n) is 5.49. The predicted molar refractivity (Wildman–Crippen MR) is 64.0 cm³/mol. The summed E-state index contributed by atoms with van der Waals surface area (Å²) in [5.41, 5.74) is 7.83. The Labute approximate surface area is 95.6 Å². The smallest absolute Gasteiger partial charge is 0.255 e. The normalized spacial score (nSPS) is 19.4. The van der Waals surface area contributed by atoms with Gasteiger partial charge >= 0.3 is 0 Å². The van der Waals surface area contributed by atoms with Gasteiger partial charge in [-0.15, -0.1) is 6.58 Å².